The van der Waals surface area contributed by atoms with Gasteiger partial charge in [-0.25, -0.2) is 0 Å². The van der Waals surface area contributed by atoms with Gasteiger partial charge in [0, 0.05) is 11.1 Å². The third-order valence-corrected chi connectivity index (χ3v) is 5.05. The molecule has 0 saturated carbocycles. The number of benzene rings is 2. The van der Waals surface area contributed by atoms with Gasteiger partial charge in [0.05, 0.1) is 6.04 Å². The van der Waals surface area contributed by atoms with Crippen LogP contribution in [0.15, 0.2) is 54.6 Å². The summed E-state index contributed by atoms with van der Waals surface area (Å²) in [6.07, 6.45) is 1.94. The molecule has 1 amide bonds. The van der Waals surface area contributed by atoms with Crippen LogP contribution in [-0.4, -0.2) is 30.4 Å². The molecule has 2 aromatic rings. The Bertz CT molecular complexity index is 692. The second-order valence-corrected chi connectivity index (χ2v) is 7.27. The van der Waals surface area contributed by atoms with E-state index in [1.54, 1.807) is 0 Å². The van der Waals surface area contributed by atoms with Crippen LogP contribution in [0.3, 0.4) is 0 Å². The smallest absolute Gasteiger partial charge is 0.252 e. The molecule has 0 fully saturated rings. The number of aryl methyl sites for hydroxylation is 1. The van der Waals surface area contributed by atoms with Crippen molar-refractivity contribution in [1.82, 2.24) is 10.2 Å². The lowest BCUT2D eigenvalue weighted by molar-refractivity contribution is 0.0839. The Labute approximate surface area is 152 Å². The van der Waals surface area contributed by atoms with E-state index < -0.39 is 0 Å². The van der Waals surface area contributed by atoms with Crippen molar-refractivity contribution in [3.63, 3.8) is 0 Å². The predicted octanol–water partition coefficient (Wildman–Crippen LogP) is 4.45. The van der Waals surface area contributed by atoms with Crippen molar-refractivity contribution < 1.29 is 4.79 Å². The molecule has 0 spiro atoms. The highest BCUT2D eigenvalue weighted by Gasteiger charge is 2.34. The SMILES string of the molecule is CCCc1ccccc1C(=O)NC(c1ccccc1)C(C)(C)N(C)C. The average molecular weight is 338 g/mol. The predicted molar refractivity (Wildman–Crippen MR) is 105 cm³/mol. The second-order valence-electron chi connectivity index (χ2n) is 7.27. The number of likely N-dealkylation sites (N-methyl/N-ethyl adjacent to an activating group) is 1. The van der Waals surface area contributed by atoms with Crippen molar-refractivity contribution in [3.05, 3.63) is 71.3 Å². The molecule has 3 nitrogen and oxygen atoms in total. The van der Waals surface area contributed by atoms with Gasteiger partial charge in [-0.1, -0.05) is 61.9 Å². The van der Waals surface area contributed by atoms with Gasteiger partial charge in [-0.2, -0.15) is 0 Å². The number of carbonyl (C=O) groups excluding carboxylic acids is 1. The number of rotatable bonds is 7. The molecule has 1 unspecified atom stereocenters. The van der Waals surface area contributed by atoms with Crippen molar-refractivity contribution in [2.45, 2.75) is 45.2 Å². The van der Waals surface area contributed by atoms with Crippen LogP contribution in [0, 0.1) is 0 Å². The van der Waals surface area contributed by atoms with Gasteiger partial charge in [-0.3, -0.25) is 4.79 Å². The highest BCUT2D eigenvalue weighted by atomic mass is 16.1. The molecule has 2 aromatic carbocycles. The van der Waals surface area contributed by atoms with E-state index in [0.717, 1.165) is 29.5 Å². The first-order valence-corrected chi connectivity index (χ1v) is 8.99. The molecule has 0 saturated heterocycles. The average Bonchev–Trinajstić information content (AvgIpc) is 2.60. The first kappa shape index (κ1) is 19.2. The van der Waals surface area contributed by atoms with Crippen molar-refractivity contribution in [1.29, 1.82) is 0 Å². The van der Waals surface area contributed by atoms with Crippen LogP contribution < -0.4 is 5.32 Å². The lowest BCUT2D eigenvalue weighted by Crippen LogP contribution is -2.50. The van der Waals surface area contributed by atoms with Crippen molar-refractivity contribution >= 4 is 5.91 Å². The topological polar surface area (TPSA) is 32.3 Å². The molecule has 0 aromatic heterocycles. The Hall–Kier alpha value is -2.13. The summed E-state index contributed by atoms with van der Waals surface area (Å²) < 4.78 is 0. The largest absolute Gasteiger partial charge is 0.343 e. The summed E-state index contributed by atoms with van der Waals surface area (Å²) in [5.74, 6) is -0.00664. The second kappa shape index (κ2) is 8.30. The Morgan fingerprint density at radius 1 is 1.04 bits per heavy atom. The van der Waals surface area contributed by atoms with E-state index in [2.05, 4.69) is 43.1 Å². The molecule has 3 heteroatoms. The number of nitrogens with zero attached hydrogens (tertiary/aromatic N) is 1. The van der Waals surface area contributed by atoms with Gasteiger partial charge in [0.15, 0.2) is 0 Å². The fraction of sp³-hybridized carbons (Fsp3) is 0.409. The molecular formula is C22H30N2O. The molecule has 1 N–H and O–H groups in total. The highest BCUT2D eigenvalue weighted by Crippen LogP contribution is 2.30. The zero-order valence-corrected chi connectivity index (χ0v) is 16.0. The lowest BCUT2D eigenvalue weighted by atomic mass is 9.87. The van der Waals surface area contributed by atoms with Gasteiger partial charge in [-0.05, 0) is 51.6 Å². The van der Waals surface area contributed by atoms with Gasteiger partial charge in [-0.15, -0.1) is 0 Å². The van der Waals surface area contributed by atoms with E-state index in [4.69, 9.17) is 0 Å². The third-order valence-electron chi connectivity index (χ3n) is 5.05. The van der Waals surface area contributed by atoms with Gasteiger partial charge >= 0.3 is 0 Å². The van der Waals surface area contributed by atoms with E-state index in [0.29, 0.717) is 0 Å². The van der Waals surface area contributed by atoms with Crippen LogP contribution in [0.4, 0.5) is 0 Å². The minimum atomic E-state index is -0.225. The maximum atomic E-state index is 13.1. The molecular weight excluding hydrogens is 308 g/mol. The highest BCUT2D eigenvalue weighted by molar-refractivity contribution is 5.96. The third kappa shape index (κ3) is 4.49. The van der Waals surface area contributed by atoms with Crippen LogP contribution in [0.1, 0.15) is 54.7 Å². The fourth-order valence-corrected chi connectivity index (χ4v) is 3.01. The molecule has 0 heterocycles. The Morgan fingerprint density at radius 2 is 1.64 bits per heavy atom. The summed E-state index contributed by atoms with van der Waals surface area (Å²) in [5.41, 5.74) is 2.77. The first-order valence-electron chi connectivity index (χ1n) is 8.99. The molecule has 0 aliphatic rings. The standard InChI is InChI=1S/C22H30N2O/c1-6-12-17-13-10-11-16-19(17)21(25)23-20(22(2,3)24(4)5)18-14-8-7-9-15-18/h7-11,13-16,20H,6,12H2,1-5H3,(H,23,25). The quantitative estimate of drug-likeness (QED) is 0.809. The lowest BCUT2D eigenvalue weighted by Gasteiger charge is -2.41. The number of hydrogen-bond acceptors (Lipinski definition) is 2. The zero-order valence-electron chi connectivity index (χ0n) is 16.0. The monoisotopic (exact) mass is 338 g/mol. The molecule has 0 radical (unpaired) electrons. The van der Waals surface area contributed by atoms with Crippen molar-refractivity contribution in [2.75, 3.05) is 14.1 Å². The molecule has 0 aliphatic heterocycles. The van der Waals surface area contributed by atoms with E-state index in [1.807, 2.05) is 56.6 Å². The summed E-state index contributed by atoms with van der Waals surface area (Å²) in [7, 11) is 4.10. The Morgan fingerprint density at radius 3 is 2.24 bits per heavy atom. The molecule has 2 rings (SSSR count). The first-order chi connectivity index (χ1) is 11.9. The zero-order chi connectivity index (χ0) is 18.4. The van der Waals surface area contributed by atoms with E-state index in [-0.39, 0.29) is 17.5 Å². The summed E-state index contributed by atoms with van der Waals surface area (Å²) in [6, 6.07) is 18.0. The van der Waals surface area contributed by atoms with Crippen LogP contribution in [0.25, 0.3) is 0 Å². The maximum Gasteiger partial charge on any atom is 0.252 e. The van der Waals surface area contributed by atoms with E-state index in [9.17, 15) is 4.79 Å². The van der Waals surface area contributed by atoms with Crippen molar-refractivity contribution in [2.24, 2.45) is 0 Å². The Balaban J connectivity index is 2.36. The number of amides is 1. The minimum Gasteiger partial charge on any atom is -0.343 e. The maximum absolute atomic E-state index is 13.1. The van der Waals surface area contributed by atoms with Crippen LogP contribution in [0.2, 0.25) is 0 Å². The normalized spacial score (nSPS) is 12.9. The molecule has 134 valence electrons. The molecule has 0 bridgehead atoms. The summed E-state index contributed by atoms with van der Waals surface area (Å²) >= 11 is 0. The summed E-state index contributed by atoms with van der Waals surface area (Å²) in [5, 5.41) is 3.29. The van der Waals surface area contributed by atoms with Crippen LogP contribution in [-0.2, 0) is 6.42 Å². The minimum absolute atomic E-state index is 0.00664. The van der Waals surface area contributed by atoms with E-state index >= 15 is 0 Å². The fourth-order valence-electron chi connectivity index (χ4n) is 3.01. The molecule has 1 atom stereocenters. The molecule has 25 heavy (non-hydrogen) atoms. The summed E-state index contributed by atoms with van der Waals surface area (Å²) in [6.45, 7) is 6.45. The van der Waals surface area contributed by atoms with Crippen LogP contribution in [0.5, 0.6) is 0 Å². The Kier molecular flexibility index (Phi) is 6.38. The van der Waals surface area contributed by atoms with Gasteiger partial charge in [0.25, 0.3) is 5.91 Å². The van der Waals surface area contributed by atoms with Gasteiger partial charge in [0.1, 0.15) is 0 Å². The van der Waals surface area contributed by atoms with Gasteiger partial charge < -0.3 is 10.2 Å². The summed E-state index contributed by atoms with van der Waals surface area (Å²) in [4.78, 5) is 15.2. The number of carbonyl (C=O) groups is 1. The van der Waals surface area contributed by atoms with E-state index in [1.165, 1.54) is 0 Å². The van der Waals surface area contributed by atoms with Crippen molar-refractivity contribution in [3.8, 4) is 0 Å². The number of nitrogens with one attached hydrogen (secondary N) is 1. The molecule has 0 aliphatic carbocycles. The van der Waals surface area contributed by atoms with Gasteiger partial charge in [0.2, 0.25) is 0 Å². The number of hydrogen-bond donors (Lipinski definition) is 1. The van der Waals surface area contributed by atoms with Crippen LogP contribution >= 0.6 is 0 Å².